The van der Waals surface area contributed by atoms with Crippen molar-refractivity contribution in [2.75, 3.05) is 13.1 Å². The lowest BCUT2D eigenvalue weighted by Gasteiger charge is -2.26. The SMILES string of the molecule is CCC(N)(CC)CNC(=O)CNC(=O)Cc1cccc2ccccc12. The highest BCUT2D eigenvalue weighted by Gasteiger charge is 2.20. The lowest BCUT2D eigenvalue weighted by atomic mass is 9.94. The highest BCUT2D eigenvalue weighted by molar-refractivity contribution is 5.91. The van der Waals surface area contributed by atoms with Gasteiger partial charge in [-0.2, -0.15) is 0 Å². The zero-order valence-electron chi connectivity index (χ0n) is 15.0. The molecule has 2 rings (SSSR count). The van der Waals surface area contributed by atoms with Gasteiger partial charge in [0.15, 0.2) is 0 Å². The van der Waals surface area contributed by atoms with Crippen LogP contribution in [0, 0.1) is 0 Å². The molecule has 0 atom stereocenters. The van der Waals surface area contributed by atoms with Crippen LogP contribution in [0.25, 0.3) is 10.8 Å². The van der Waals surface area contributed by atoms with Gasteiger partial charge in [0, 0.05) is 12.1 Å². The zero-order valence-corrected chi connectivity index (χ0v) is 15.0. The second-order valence-electron chi connectivity index (χ2n) is 6.44. The van der Waals surface area contributed by atoms with Gasteiger partial charge in [0.2, 0.25) is 11.8 Å². The van der Waals surface area contributed by atoms with Gasteiger partial charge in [0.05, 0.1) is 13.0 Å². The maximum Gasteiger partial charge on any atom is 0.239 e. The van der Waals surface area contributed by atoms with E-state index in [1.165, 1.54) is 0 Å². The third-order valence-electron chi connectivity index (χ3n) is 4.72. The summed E-state index contributed by atoms with van der Waals surface area (Å²) in [5.74, 6) is -0.389. The summed E-state index contributed by atoms with van der Waals surface area (Å²) < 4.78 is 0. The number of carbonyl (C=O) groups is 2. The molecule has 0 aliphatic heterocycles. The molecule has 4 N–H and O–H groups in total. The molecule has 0 radical (unpaired) electrons. The average Bonchev–Trinajstić information content (AvgIpc) is 2.64. The van der Waals surface area contributed by atoms with Crippen molar-refractivity contribution >= 4 is 22.6 Å². The second kappa shape index (κ2) is 8.62. The molecule has 5 heteroatoms. The summed E-state index contributed by atoms with van der Waals surface area (Å²) in [5, 5.41) is 7.63. The Morgan fingerprint density at radius 1 is 0.960 bits per heavy atom. The van der Waals surface area contributed by atoms with E-state index in [2.05, 4.69) is 10.6 Å². The molecule has 0 aliphatic rings. The molecule has 0 bridgehead atoms. The van der Waals surface area contributed by atoms with Gasteiger partial charge in [-0.1, -0.05) is 56.3 Å². The van der Waals surface area contributed by atoms with Crippen molar-refractivity contribution in [3.63, 3.8) is 0 Å². The van der Waals surface area contributed by atoms with E-state index < -0.39 is 0 Å². The van der Waals surface area contributed by atoms with Crippen LogP contribution >= 0.6 is 0 Å². The molecule has 5 nitrogen and oxygen atoms in total. The van der Waals surface area contributed by atoms with Crippen LogP contribution in [0.5, 0.6) is 0 Å². The Bertz CT molecular complexity index is 733. The molecule has 0 spiro atoms. The summed E-state index contributed by atoms with van der Waals surface area (Å²) in [5.41, 5.74) is 6.72. The zero-order chi connectivity index (χ0) is 18.3. The van der Waals surface area contributed by atoms with Crippen LogP contribution in [0.4, 0.5) is 0 Å². The molecule has 0 aromatic heterocycles. The molecule has 0 aliphatic carbocycles. The minimum Gasteiger partial charge on any atom is -0.353 e. The van der Waals surface area contributed by atoms with Gasteiger partial charge in [0.1, 0.15) is 0 Å². The van der Waals surface area contributed by atoms with Gasteiger partial charge in [-0.05, 0) is 29.2 Å². The van der Waals surface area contributed by atoms with Crippen LogP contribution in [0.1, 0.15) is 32.3 Å². The molecule has 2 amide bonds. The van der Waals surface area contributed by atoms with Crippen LogP contribution < -0.4 is 16.4 Å². The lowest BCUT2D eigenvalue weighted by molar-refractivity contribution is -0.125. The molecule has 0 unspecified atom stereocenters. The van der Waals surface area contributed by atoms with E-state index in [0.29, 0.717) is 6.54 Å². The van der Waals surface area contributed by atoms with E-state index in [1.54, 1.807) is 0 Å². The molecule has 0 heterocycles. The van der Waals surface area contributed by atoms with E-state index in [0.717, 1.165) is 29.2 Å². The Morgan fingerprint density at radius 2 is 1.64 bits per heavy atom. The molecule has 0 saturated carbocycles. The first-order valence-electron chi connectivity index (χ1n) is 8.76. The summed E-state index contributed by atoms with van der Waals surface area (Å²) in [6.45, 7) is 4.38. The maximum atomic E-state index is 12.2. The van der Waals surface area contributed by atoms with Crippen molar-refractivity contribution in [1.29, 1.82) is 0 Å². The van der Waals surface area contributed by atoms with E-state index >= 15 is 0 Å². The second-order valence-corrected chi connectivity index (χ2v) is 6.44. The summed E-state index contributed by atoms with van der Waals surface area (Å²) >= 11 is 0. The highest BCUT2D eigenvalue weighted by Crippen LogP contribution is 2.18. The predicted octanol–water partition coefficient (Wildman–Crippen LogP) is 2.13. The van der Waals surface area contributed by atoms with Crippen molar-refractivity contribution in [3.8, 4) is 0 Å². The summed E-state index contributed by atoms with van der Waals surface area (Å²) in [4.78, 5) is 24.1. The predicted molar refractivity (Wildman–Crippen MR) is 101 cm³/mol. The Balaban J connectivity index is 1.85. The summed E-state index contributed by atoms with van der Waals surface area (Å²) in [7, 11) is 0. The fraction of sp³-hybridized carbons (Fsp3) is 0.400. The number of nitrogens with one attached hydrogen (secondary N) is 2. The van der Waals surface area contributed by atoms with E-state index in [-0.39, 0.29) is 30.3 Å². The van der Waals surface area contributed by atoms with Crippen LogP contribution in [0.15, 0.2) is 42.5 Å². The van der Waals surface area contributed by atoms with Crippen molar-refractivity contribution in [1.82, 2.24) is 10.6 Å². The van der Waals surface area contributed by atoms with Gasteiger partial charge >= 0.3 is 0 Å². The Morgan fingerprint density at radius 3 is 2.36 bits per heavy atom. The van der Waals surface area contributed by atoms with Gasteiger partial charge < -0.3 is 16.4 Å². The normalized spacial score (nSPS) is 11.3. The minimum absolute atomic E-state index is 0.0346. The maximum absolute atomic E-state index is 12.2. The number of carbonyl (C=O) groups excluding carboxylic acids is 2. The quantitative estimate of drug-likeness (QED) is 0.688. The van der Waals surface area contributed by atoms with E-state index in [1.807, 2.05) is 56.3 Å². The topological polar surface area (TPSA) is 84.2 Å². The molecule has 2 aromatic rings. The third kappa shape index (κ3) is 5.29. The van der Waals surface area contributed by atoms with Gasteiger partial charge in [-0.15, -0.1) is 0 Å². The van der Waals surface area contributed by atoms with Crippen molar-refractivity contribution in [2.24, 2.45) is 5.73 Å². The molecule has 25 heavy (non-hydrogen) atoms. The summed E-state index contributed by atoms with van der Waals surface area (Å²) in [6.07, 6.45) is 1.83. The first-order valence-corrected chi connectivity index (χ1v) is 8.76. The molecule has 0 fully saturated rings. The third-order valence-corrected chi connectivity index (χ3v) is 4.72. The minimum atomic E-state index is -0.386. The fourth-order valence-electron chi connectivity index (χ4n) is 2.70. The van der Waals surface area contributed by atoms with Gasteiger partial charge in [-0.25, -0.2) is 0 Å². The van der Waals surface area contributed by atoms with Crippen LogP contribution in [-0.2, 0) is 16.0 Å². The van der Waals surface area contributed by atoms with Crippen LogP contribution in [-0.4, -0.2) is 30.4 Å². The largest absolute Gasteiger partial charge is 0.353 e. The average molecular weight is 341 g/mol. The molecular weight excluding hydrogens is 314 g/mol. The Labute approximate surface area is 149 Å². The molecule has 134 valence electrons. The monoisotopic (exact) mass is 341 g/mol. The lowest BCUT2D eigenvalue weighted by Crippen LogP contribution is -2.50. The number of fused-ring (bicyclic) bond motifs is 1. The van der Waals surface area contributed by atoms with Crippen molar-refractivity contribution in [2.45, 2.75) is 38.6 Å². The van der Waals surface area contributed by atoms with E-state index in [9.17, 15) is 9.59 Å². The number of nitrogens with two attached hydrogens (primary N) is 1. The first-order chi connectivity index (χ1) is 12.0. The molecular formula is C20H27N3O2. The smallest absolute Gasteiger partial charge is 0.239 e. The number of rotatable bonds is 8. The van der Waals surface area contributed by atoms with E-state index in [4.69, 9.17) is 5.73 Å². The van der Waals surface area contributed by atoms with Gasteiger partial charge in [0.25, 0.3) is 0 Å². The number of hydrogen-bond donors (Lipinski definition) is 3. The Kier molecular flexibility index (Phi) is 6.53. The Hall–Kier alpha value is -2.40. The highest BCUT2D eigenvalue weighted by atomic mass is 16.2. The first kappa shape index (κ1) is 18.9. The number of amides is 2. The van der Waals surface area contributed by atoms with Gasteiger partial charge in [-0.3, -0.25) is 9.59 Å². The molecule has 2 aromatic carbocycles. The van der Waals surface area contributed by atoms with Crippen LogP contribution in [0.3, 0.4) is 0 Å². The van der Waals surface area contributed by atoms with Crippen molar-refractivity contribution < 1.29 is 9.59 Å². The van der Waals surface area contributed by atoms with Crippen molar-refractivity contribution in [3.05, 3.63) is 48.0 Å². The standard InChI is InChI=1S/C20H27N3O2/c1-3-20(21,4-2)14-23-19(25)13-22-18(24)12-16-10-7-9-15-8-5-6-11-17(15)16/h5-11H,3-4,12-14,21H2,1-2H3,(H,22,24)(H,23,25). The fourth-order valence-corrected chi connectivity index (χ4v) is 2.70. The number of benzene rings is 2. The number of hydrogen-bond acceptors (Lipinski definition) is 3. The van der Waals surface area contributed by atoms with Crippen LogP contribution in [0.2, 0.25) is 0 Å². The molecule has 0 saturated heterocycles. The summed E-state index contributed by atoms with van der Waals surface area (Å²) in [6, 6.07) is 13.8.